The van der Waals surface area contributed by atoms with E-state index in [1.807, 2.05) is 30.3 Å². The quantitative estimate of drug-likeness (QED) is 0.392. The number of carbonyl (C=O) groups is 2. The summed E-state index contributed by atoms with van der Waals surface area (Å²) in [6.45, 7) is 0.137. The van der Waals surface area contributed by atoms with Crippen LogP contribution in [0.3, 0.4) is 0 Å². The normalized spacial score (nSPS) is 21.9. The fourth-order valence-electron chi connectivity index (χ4n) is 3.47. The minimum absolute atomic E-state index is 0.0743. The van der Waals surface area contributed by atoms with Crippen LogP contribution >= 0.6 is 11.3 Å². The van der Waals surface area contributed by atoms with Gasteiger partial charge >= 0.3 is 16.4 Å². The summed E-state index contributed by atoms with van der Waals surface area (Å²) in [4.78, 5) is 34.4. The first kappa shape index (κ1) is 20.4. The van der Waals surface area contributed by atoms with Crippen molar-refractivity contribution < 1.29 is 26.8 Å². The summed E-state index contributed by atoms with van der Waals surface area (Å²) < 4.78 is 35.2. The van der Waals surface area contributed by atoms with E-state index >= 15 is 0 Å². The highest BCUT2D eigenvalue weighted by atomic mass is 32.3. The Balaban J connectivity index is 1.50. The second-order valence-electron chi connectivity index (χ2n) is 6.76. The van der Waals surface area contributed by atoms with E-state index in [-0.39, 0.29) is 18.1 Å². The van der Waals surface area contributed by atoms with Gasteiger partial charge in [-0.15, -0.1) is 15.6 Å². The number of nitrogens with two attached hydrogens (primary N) is 1. The first-order chi connectivity index (χ1) is 14.2. The average molecular weight is 451 g/mol. The van der Waals surface area contributed by atoms with Crippen molar-refractivity contribution in [3.63, 3.8) is 0 Å². The molecule has 1 aromatic heterocycles. The molecule has 30 heavy (non-hydrogen) atoms. The second kappa shape index (κ2) is 7.75. The molecular weight excluding hydrogens is 434 g/mol. The van der Waals surface area contributed by atoms with Gasteiger partial charge in [0.05, 0.1) is 12.1 Å². The Labute approximate surface area is 175 Å². The highest BCUT2D eigenvalue weighted by molar-refractivity contribution is 7.80. The van der Waals surface area contributed by atoms with Crippen LogP contribution in [0, 0.1) is 0 Å². The summed E-state index contributed by atoms with van der Waals surface area (Å²) in [6, 6.07) is 7.35. The molecule has 2 bridgehead atoms. The van der Waals surface area contributed by atoms with Crippen molar-refractivity contribution in [2.75, 3.05) is 6.54 Å². The summed E-state index contributed by atoms with van der Waals surface area (Å²) in [5.41, 5.74) is 7.02. The zero-order valence-corrected chi connectivity index (χ0v) is 17.0. The summed E-state index contributed by atoms with van der Waals surface area (Å²) in [5, 5.41) is 2.86. The predicted octanol–water partition coefficient (Wildman–Crippen LogP) is 1.31. The van der Waals surface area contributed by atoms with Gasteiger partial charge in [-0.25, -0.2) is 9.78 Å². The van der Waals surface area contributed by atoms with Crippen LogP contribution in [0.15, 0.2) is 40.7 Å². The van der Waals surface area contributed by atoms with Crippen molar-refractivity contribution in [1.82, 2.24) is 14.9 Å². The number of rotatable bonds is 5. The number of carbonyl (C=O) groups excluding carboxylic acids is 2. The molecule has 2 aliphatic rings. The number of amidine groups is 1. The number of hydrogen-bond donors (Lipinski definition) is 2. The number of aliphatic imine (C=N–C) groups is 1. The van der Waals surface area contributed by atoms with Crippen molar-refractivity contribution in [2.24, 2.45) is 10.7 Å². The molecule has 2 saturated heterocycles. The number of nitrogens with zero attached hydrogens (tertiary/aromatic N) is 4. The maximum atomic E-state index is 12.5. The zero-order chi connectivity index (χ0) is 21.5. The minimum Gasteiger partial charge on any atom is -0.385 e. The van der Waals surface area contributed by atoms with Gasteiger partial charge in [-0.05, 0) is 12.8 Å². The molecule has 1 aromatic carbocycles. The molecule has 2 fully saturated rings. The molecule has 2 aromatic rings. The van der Waals surface area contributed by atoms with E-state index < -0.39 is 34.4 Å². The van der Waals surface area contributed by atoms with Crippen LogP contribution in [-0.4, -0.2) is 64.3 Å². The lowest BCUT2D eigenvalue weighted by Crippen LogP contribution is -2.48. The van der Waals surface area contributed by atoms with Crippen LogP contribution in [0.4, 0.5) is 4.79 Å². The average Bonchev–Trinajstić information content (AvgIpc) is 3.28. The molecule has 2 aliphatic heterocycles. The van der Waals surface area contributed by atoms with Crippen molar-refractivity contribution >= 4 is 39.5 Å². The highest BCUT2D eigenvalue weighted by Crippen LogP contribution is 2.31. The summed E-state index contributed by atoms with van der Waals surface area (Å²) in [7, 11) is -4.84. The summed E-state index contributed by atoms with van der Waals surface area (Å²) in [6.07, 6.45) is 0.721. The molecule has 3 N–H and O–H groups in total. The zero-order valence-electron chi connectivity index (χ0n) is 15.4. The smallest absolute Gasteiger partial charge is 0.385 e. The summed E-state index contributed by atoms with van der Waals surface area (Å²) in [5.74, 6) is -0.708. The molecule has 0 radical (unpaired) electrons. The second-order valence-corrected chi connectivity index (χ2v) is 8.62. The molecule has 11 nitrogen and oxygen atoms in total. The monoisotopic (exact) mass is 451 g/mol. The lowest BCUT2D eigenvalue weighted by molar-refractivity contribution is -0.0316. The van der Waals surface area contributed by atoms with Crippen molar-refractivity contribution in [1.29, 1.82) is 0 Å². The molecular formula is C17H17N5O6S2. The van der Waals surface area contributed by atoms with Crippen LogP contribution in [0.5, 0.6) is 0 Å². The Kier molecular flexibility index (Phi) is 5.27. The van der Waals surface area contributed by atoms with Gasteiger partial charge in [0.1, 0.15) is 16.5 Å². The molecule has 3 heterocycles. The maximum Gasteiger partial charge on any atom is 0.418 e. The van der Waals surface area contributed by atoms with E-state index in [0.29, 0.717) is 22.9 Å². The fourth-order valence-corrected chi connectivity index (χ4v) is 4.66. The van der Waals surface area contributed by atoms with Crippen molar-refractivity contribution in [2.45, 2.75) is 24.9 Å². The van der Waals surface area contributed by atoms with Gasteiger partial charge in [-0.1, -0.05) is 30.3 Å². The van der Waals surface area contributed by atoms with E-state index in [9.17, 15) is 18.0 Å². The number of hydrogen-bond acceptors (Lipinski definition) is 7. The molecule has 0 aliphatic carbocycles. The number of urea groups is 1. The Morgan fingerprint density at radius 1 is 1.30 bits per heavy atom. The minimum atomic E-state index is -4.84. The van der Waals surface area contributed by atoms with E-state index in [4.69, 9.17) is 10.3 Å². The van der Waals surface area contributed by atoms with Crippen molar-refractivity contribution in [3.8, 4) is 10.6 Å². The lowest BCUT2D eigenvalue weighted by atomic mass is 10.0. The van der Waals surface area contributed by atoms with Crippen molar-refractivity contribution in [3.05, 3.63) is 41.4 Å². The number of benzene rings is 1. The Hall–Kier alpha value is -2.87. The Morgan fingerprint density at radius 3 is 2.73 bits per heavy atom. The van der Waals surface area contributed by atoms with E-state index in [0.717, 1.165) is 5.56 Å². The van der Waals surface area contributed by atoms with Gasteiger partial charge in [0, 0.05) is 17.5 Å². The topological polar surface area (TPSA) is 155 Å². The maximum absolute atomic E-state index is 12.5. The Bertz CT molecular complexity index is 1120. The number of fused-ring (bicyclic) bond motifs is 2. The van der Waals surface area contributed by atoms with Gasteiger partial charge in [0.15, 0.2) is 0 Å². The molecule has 2 unspecified atom stereocenters. The standard InChI is InChI=1S/C17H17N5O6S2/c18-14(13-7-6-11-8-21(13)17(24)22(11)28-30(25,26)27)20-15(23)12-9-29-16(19-12)10-4-2-1-3-5-10/h1-5,9,11,13H,6-8H2,(H2,18,20,23)(H,25,26,27). The number of thiazole rings is 1. The van der Waals surface area contributed by atoms with Crippen LogP contribution in [0.2, 0.25) is 0 Å². The van der Waals surface area contributed by atoms with Gasteiger partial charge in [0.25, 0.3) is 5.91 Å². The van der Waals surface area contributed by atoms with E-state index in [1.165, 1.54) is 16.2 Å². The number of aromatic nitrogens is 1. The number of hydroxylamine groups is 2. The lowest BCUT2D eigenvalue weighted by Gasteiger charge is -2.29. The third-order valence-electron chi connectivity index (χ3n) is 4.81. The van der Waals surface area contributed by atoms with Crippen LogP contribution in [-0.2, 0) is 14.7 Å². The Morgan fingerprint density at radius 2 is 2.03 bits per heavy atom. The number of amides is 3. The molecule has 2 atom stereocenters. The summed E-state index contributed by atoms with van der Waals surface area (Å²) >= 11 is 1.30. The van der Waals surface area contributed by atoms with E-state index in [1.54, 1.807) is 5.38 Å². The SMILES string of the molecule is NC(=NC(=O)c1csc(-c2ccccc2)n1)C1CCC2CN1C(=O)N2OS(=O)(=O)O. The molecule has 158 valence electrons. The van der Waals surface area contributed by atoms with Gasteiger partial charge in [0.2, 0.25) is 0 Å². The largest absolute Gasteiger partial charge is 0.418 e. The molecule has 4 rings (SSSR count). The molecule has 0 spiro atoms. The third-order valence-corrected chi connectivity index (χ3v) is 6.05. The van der Waals surface area contributed by atoms with Crippen LogP contribution in [0.1, 0.15) is 23.3 Å². The fraction of sp³-hybridized carbons (Fsp3) is 0.294. The molecule has 0 saturated carbocycles. The predicted molar refractivity (Wildman–Crippen MR) is 107 cm³/mol. The first-order valence-electron chi connectivity index (χ1n) is 8.89. The third kappa shape index (κ3) is 4.05. The highest BCUT2D eigenvalue weighted by Gasteiger charge is 2.48. The first-order valence-corrected chi connectivity index (χ1v) is 11.1. The molecule has 13 heteroatoms. The van der Waals surface area contributed by atoms with Crippen LogP contribution < -0.4 is 5.73 Å². The van der Waals surface area contributed by atoms with E-state index in [2.05, 4.69) is 14.3 Å². The van der Waals surface area contributed by atoms with Crippen LogP contribution in [0.25, 0.3) is 10.6 Å². The van der Waals surface area contributed by atoms with Gasteiger partial charge < -0.3 is 10.6 Å². The van der Waals surface area contributed by atoms with Gasteiger partial charge in [-0.2, -0.15) is 18.5 Å². The van der Waals surface area contributed by atoms with Gasteiger partial charge in [-0.3, -0.25) is 9.35 Å². The number of piperidine rings is 1. The molecule has 3 amide bonds.